The number of nitrogens with zero attached hydrogens (tertiary/aromatic N) is 2. The van der Waals surface area contributed by atoms with Gasteiger partial charge in [-0.25, -0.2) is 9.40 Å². The highest BCUT2D eigenvalue weighted by atomic mass is 19.1. The number of hydrogen-bond donors (Lipinski definition) is 0. The first kappa shape index (κ1) is 9.51. The molecule has 1 amide bonds. The van der Waals surface area contributed by atoms with E-state index < -0.39 is 0 Å². The zero-order chi connectivity index (χ0) is 11.1. The maximum absolute atomic E-state index is 12.7. The Kier molecular flexibility index (Phi) is 2.02. The molecule has 1 aliphatic heterocycles. The van der Waals surface area contributed by atoms with E-state index in [0.29, 0.717) is 18.0 Å². The van der Waals surface area contributed by atoms with Crippen molar-refractivity contribution in [2.45, 2.75) is 19.3 Å². The van der Waals surface area contributed by atoms with E-state index in [2.05, 4.69) is 5.10 Å². The third kappa shape index (κ3) is 1.60. The van der Waals surface area contributed by atoms with E-state index in [1.165, 1.54) is 17.1 Å². The van der Waals surface area contributed by atoms with E-state index in [-0.39, 0.29) is 11.7 Å². The molecule has 1 aromatic rings. The van der Waals surface area contributed by atoms with Crippen LogP contribution in [-0.4, -0.2) is 11.6 Å². The molecule has 0 aromatic heterocycles. The van der Waals surface area contributed by atoms with Crippen LogP contribution in [0.5, 0.6) is 0 Å². The summed E-state index contributed by atoms with van der Waals surface area (Å²) in [5, 5.41) is 5.69. The van der Waals surface area contributed by atoms with Crippen LogP contribution in [0.2, 0.25) is 0 Å². The minimum atomic E-state index is -0.304. The number of carbonyl (C=O) groups excluding carboxylic acids is 1. The number of carbonyl (C=O) groups is 1. The van der Waals surface area contributed by atoms with E-state index in [4.69, 9.17) is 0 Å². The molecule has 4 heteroatoms. The molecule has 0 atom stereocenters. The summed E-state index contributed by atoms with van der Waals surface area (Å²) in [5.41, 5.74) is 1.62. The highest BCUT2D eigenvalue weighted by molar-refractivity contribution is 6.14. The number of anilines is 1. The highest BCUT2D eigenvalue weighted by Gasteiger charge is 2.35. The Morgan fingerprint density at radius 3 is 2.56 bits per heavy atom. The van der Waals surface area contributed by atoms with Crippen molar-refractivity contribution < 1.29 is 9.18 Å². The van der Waals surface area contributed by atoms with Crippen molar-refractivity contribution in [1.29, 1.82) is 0 Å². The van der Waals surface area contributed by atoms with E-state index in [0.717, 1.165) is 18.6 Å². The minimum absolute atomic E-state index is 0.0199. The first-order chi connectivity index (χ1) is 7.74. The maximum Gasteiger partial charge on any atom is 0.253 e. The molecule has 1 fully saturated rings. The summed E-state index contributed by atoms with van der Waals surface area (Å²) in [7, 11) is 0. The fourth-order valence-electron chi connectivity index (χ4n) is 1.88. The van der Waals surface area contributed by atoms with Crippen LogP contribution in [0.4, 0.5) is 10.1 Å². The summed E-state index contributed by atoms with van der Waals surface area (Å²) >= 11 is 0. The summed E-state index contributed by atoms with van der Waals surface area (Å²) in [6.07, 6.45) is 2.70. The predicted molar refractivity (Wildman–Crippen MR) is 58.7 cm³/mol. The lowest BCUT2D eigenvalue weighted by molar-refractivity contribution is -0.116. The van der Waals surface area contributed by atoms with E-state index in [1.807, 2.05) is 0 Å². The molecule has 0 saturated heterocycles. The number of hydrazone groups is 1. The molecular weight excluding hydrogens is 207 g/mol. The lowest BCUT2D eigenvalue weighted by Crippen LogP contribution is -2.19. The van der Waals surface area contributed by atoms with Crippen molar-refractivity contribution in [3.63, 3.8) is 0 Å². The van der Waals surface area contributed by atoms with Gasteiger partial charge in [-0.2, -0.15) is 5.10 Å². The monoisotopic (exact) mass is 218 g/mol. The third-order valence-electron chi connectivity index (χ3n) is 2.92. The first-order valence-corrected chi connectivity index (χ1v) is 5.40. The van der Waals surface area contributed by atoms with Gasteiger partial charge >= 0.3 is 0 Å². The Hall–Kier alpha value is -1.71. The molecule has 0 bridgehead atoms. The number of hydrogen-bond acceptors (Lipinski definition) is 2. The van der Waals surface area contributed by atoms with Crippen LogP contribution in [0.15, 0.2) is 29.4 Å². The van der Waals surface area contributed by atoms with Crippen molar-refractivity contribution in [2.24, 2.45) is 11.0 Å². The highest BCUT2D eigenvalue weighted by Crippen LogP contribution is 2.35. The Balaban J connectivity index is 1.88. The number of rotatable bonds is 2. The van der Waals surface area contributed by atoms with Gasteiger partial charge in [0.25, 0.3) is 5.91 Å². The summed E-state index contributed by atoms with van der Waals surface area (Å²) in [5.74, 6) is 0.185. The topological polar surface area (TPSA) is 32.7 Å². The van der Waals surface area contributed by atoms with Crippen LogP contribution in [0.1, 0.15) is 19.3 Å². The van der Waals surface area contributed by atoms with Gasteiger partial charge in [-0.15, -0.1) is 0 Å². The zero-order valence-corrected chi connectivity index (χ0v) is 8.69. The van der Waals surface area contributed by atoms with E-state index in [1.54, 1.807) is 12.1 Å². The molecule has 0 spiro atoms. The third-order valence-corrected chi connectivity index (χ3v) is 2.92. The average Bonchev–Trinajstić information content (AvgIpc) is 3.04. The molecule has 82 valence electrons. The summed E-state index contributed by atoms with van der Waals surface area (Å²) < 4.78 is 12.7. The lowest BCUT2D eigenvalue weighted by atomic mass is 10.2. The minimum Gasteiger partial charge on any atom is -0.272 e. The van der Waals surface area contributed by atoms with Gasteiger partial charge < -0.3 is 0 Å². The summed E-state index contributed by atoms with van der Waals surface area (Å²) in [6.45, 7) is 0. The van der Waals surface area contributed by atoms with Gasteiger partial charge in [0, 0.05) is 0 Å². The van der Waals surface area contributed by atoms with Gasteiger partial charge in [0.2, 0.25) is 0 Å². The predicted octanol–water partition coefficient (Wildman–Crippen LogP) is 2.33. The maximum atomic E-state index is 12.7. The van der Waals surface area contributed by atoms with E-state index >= 15 is 0 Å². The van der Waals surface area contributed by atoms with E-state index in [9.17, 15) is 9.18 Å². The smallest absolute Gasteiger partial charge is 0.253 e. The van der Waals surface area contributed by atoms with Gasteiger partial charge in [-0.1, -0.05) is 0 Å². The number of halogens is 1. The molecule has 0 radical (unpaired) electrons. The quantitative estimate of drug-likeness (QED) is 0.749. The Morgan fingerprint density at radius 1 is 1.25 bits per heavy atom. The lowest BCUT2D eigenvalue weighted by Gasteiger charge is -2.10. The van der Waals surface area contributed by atoms with Crippen LogP contribution in [-0.2, 0) is 4.79 Å². The fourth-order valence-corrected chi connectivity index (χ4v) is 1.88. The van der Waals surface area contributed by atoms with Gasteiger partial charge in [0.15, 0.2) is 0 Å². The second kappa shape index (κ2) is 3.40. The van der Waals surface area contributed by atoms with Crippen LogP contribution < -0.4 is 5.01 Å². The van der Waals surface area contributed by atoms with Crippen molar-refractivity contribution in [3.05, 3.63) is 30.1 Å². The molecule has 3 rings (SSSR count). The molecule has 0 N–H and O–H groups in total. The molecule has 16 heavy (non-hydrogen) atoms. The Morgan fingerprint density at radius 2 is 1.94 bits per heavy atom. The molecule has 1 saturated carbocycles. The fraction of sp³-hybridized carbons (Fsp3) is 0.333. The number of amides is 1. The average molecular weight is 218 g/mol. The molecule has 1 aromatic carbocycles. The molecule has 2 aliphatic rings. The molecular formula is C12H11FN2O. The summed E-state index contributed by atoms with van der Waals surface area (Å²) in [4.78, 5) is 11.7. The van der Waals surface area contributed by atoms with Crippen molar-refractivity contribution in [2.75, 3.05) is 5.01 Å². The van der Waals surface area contributed by atoms with Crippen molar-refractivity contribution in [1.82, 2.24) is 0 Å². The zero-order valence-electron chi connectivity index (χ0n) is 8.69. The number of benzene rings is 1. The van der Waals surface area contributed by atoms with Gasteiger partial charge in [-0.3, -0.25) is 4.79 Å². The molecule has 0 unspecified atom stereocenters. The molecule has 1 heterocycles. The van der Waals surface area contributed by atoms with Gasteiger partial charge in [0.05, 0.1) is 17.8 Å². The van der Waals surface area contributed by atoms with Crippen LogP contribution in [0.3, 0.4) is 0 Å². The largest absolute Gasteiger partial charge is 0.272 e. The van der Waals surface area contributed by atoms with Crippen LogP contribution >= 0.6 is 0 Å². The van der Waals surface area contributed by atoms with Gasteiger partial charge in [0.1, 0.15) is 5.82 Å². The Labute approximate surface area is 92.6 Å². The summed E-state index contributed by atoms with van der Waals surface area (Å²) in [6, 6.07) is 5.83. The van der Waals surface area contributed by atoms with Crippen LogP contribution in [0, 0.1) is 11.7 Å². The molecule has 3 nitrogen and oxygen atoms in total. The molecule has 1 aliphatic carbocycles. The second-order valence-electron chi connectivity index (χ2n) is 4.22. The Bertz CT molecular complexity index is 462. The first-order valence-electron chi connectivity index (χ1n) is 5.40. The normalized spacial score (nSPS) is 20.2. The second-order valence-corrected chi connectivity index (χ2v) is 4.22. The van der Waals surface area contributed by atoms with Crippen molar-refractivity contribution >= 4 is 17.3 Å². The van der Waals surface area contributed by atoms with Gasteiger partial charge in [-0.05, 0) is 43.0 Å². The SMILES string of the molecule is O=C1CC(C2CC2)=NN1c1ccc(F)cc1. The standard InChI is InChI=1S/C12H11FN2O/c13-9-3-5-10(6-4-9)15-12(16)7-11(14-15)8-1-2-8/h3-6,8H,1-2,7H2. The van der Waals surface area contributed by atoms with Crippen molar-refractivity contribution in [3.8, 4) is 0 Å². The van der Waals surface area contributed by atoms with Crippen LogP contribution in [0.25, 0.3) is 0 Å².